The minimum Gasteiger partial charge on any atom is -0.399 e. The molecule has 0 saturated heterocycles. The molecule has 1 rings (SSSR count). The smallest absolute Gasteiger partial charge is 0.0606 e. The first-order valence-electron chi connectivity index (χ1n) is 6.37. The van der Waals surface area contributed by atoms with Gasteiger partial charge in [-0.2, -0.15) is 0 Å². The monoisotopic (exact) mass is 236 g/mol. The van der Waals surface area contributed by atoms with E-state index in [0.717, 1.165) is 29.8 Å². The number of nitrogens with zero attached hydrogens (tertiary/aromatic N) is 1. The van der Waals surface area contributed by atoms with Crippen molar-refractivity contribution in [1.29, 1.82) is 0 Å². The molecule has 0 amide bonds. The molecule has 0 fully saturated rings. The Labute approximate surface area is 104 Å². The van der Waals surface area contributed by atoms with Crippen LogP contribution in [-0.4, -0.2) is 24.3 Å². The molecule has 0 aromatic heterocycles. The van der Waals surface area contributed by atoms with Crippen molar-refractivity contribution in [2.45, 2.75) is 39.7 Å². The summed E-state index contributed by atoms with van der Waals surface area (Å²) in [7, 11) is 0. The van der Waals surface area contributed by atoms with Gasteiger partial charge < -0.3 is 15.7 Å². The van der Waals surface area contributed by atoms with E-state index in [4.69, 9.17) is 5.73 Å². The summed E-state index contributed by atoms with van der Waals surface area (Å²) >= 11 is 0. The van der Waals surface area contributed by atoms with Crippen molar-refractivity contribution in [3.63, 3.8) is 0 Å². The molecule has 3 heteroatoms. The van der Waals surface area contributed by atoms with E-state index in [2.05, 4.69) is 24.8 Å². The number of nitrogen functional groups attached to an aromatic ring is 1. The van der Waals surface area contributed by atoms with Gasteiger partial charge >= 0.3 is 0 Å². The fourth-order valence-corrected chi connectivity index (χ4v) is 2.32. The lowest BCUT2D eigenvalue weighted by Gasteiger charge is -2.32. The van der Waals surface area contributed by atoms with Crippen molar-refractivity contribution >= 4 is 11.4 Å². The molecule has 17 heavy (non-hydrogen) atoms. The Morgan fingerprint density at radius 3 is 2.35 bits per heavy atom. The highest BCUT2D eigenvalue weighted by Crippen LogP contribution is 2.24. The molecule has 0 heterocycles. The second-order valence-electron chi connectivity index (χ2n) is 4.49. The van der Waals surface area contributed by atoms with Crippen molar-refractivity contribution in [2.24, 2.45) is 0 Å². The van der Waals surface area contributed by atoms with Crippen LogP contribution in [0.5, 0.6) is 0 Å². The summed E-state index contributed by atoms with van der Waals surface area (Å²) in [5.41, 5.74) is 8.95. The molecule has 3 N–H and O–H groups in total. The van der Waals surface area contributed by atoms with Gasteiger partial charge in [0, 0.05) is 24.0 Å². The first-order valence-corrected chi connectivity index (χ1v) is 6.37. The van der Waals surface area contributed by atoms with Crippen molar-refractivity contribution in [3.05, 3.63) is 23.8 Å². The maximum Gasteiger partial charge on any atom is 0.0606 e. The van der Waals surface area contributed by atoms with Crippen molar-refractivity contribution < 1.29 is 5.11 Å². The van der Waals surface area contributed by atoms with E-state index >= 15 is 0 Å². The summed E-state index contributed by atoms with van der Waals surface area (Å²) in [5.74, 6) is 0. The number of aliphatic hydroxyl groups is 1. The van der Waals surface area contributed by atoms with Gasteiger partial charge in [0.15, 0.2) is 0 Å². The summed E-state index contributed by atoms with van der Waals surface area (Å²) in [4.78, 5) is 2.25. The van der Waals surface area contributed by atoms with E-state index in [-0.39, 0.29) is 6.61 Å². The molecule has 1 aromatic rings. The highest BCUT2D eigenvalue weighted by molar-refractivity contribution is 5.58. The number of rotatable bonds is 6. The predicted molar refractivity (Wildman–Crippen MR) is 74.4 cm³/mol. The van der Waals surface area contributed by atoms with Gasteiger partial charge in [0.2, 0.25) is 0 Å². The van der Waals surface area contributed by atoms with Gasteiger partial charge in [-0.25, -0.2) is 0 Å². The Morgan fingerprint density at radius 2 is 1.88 bits per heavy atom. The van der Waals surface area contributed by atoms with E-state index < -0.39 is 0 Å². The van der Waals surface area contributed by atoms with Gasteiger partial charge in [-0.1, -0.05) is 13.8 Å². The van der Waals surface area contributed by atoms with Gasteiger partial charge in [-0.3, -0.25) is 0 Å². The van der Waals surface area contributed by atoms with E-state index in [1.165, 1.54) is 0 Å². The second-order valence-corrected chi connectivity index (χ2v) is 4.49. The molecule has 0 unspecified atom stereocenters. The molecule has 0 bridgehead atoms. The average molecular weight is 236 g/mol. The maximum atomic E-state index is 9.20. The minimum atomic E-state index is 0.171. The Kier molecular flexibility index (Phi) is 5.29. The Balaban J connectivity index is 3.03. The molecule has 0 saturated carbocycles. The fourth-order valence-electron chi connectivity index (χ4n) is 2.32. The molecule has 0 aliphatic heterocycles. The molecule has 0 spiro atoms. The summed E-state index contributed by atoms with van der Waals surface area (Å²) in [6, 6.07) is 6.54. The number of aryl methyl sites for hydroxylation is 1. The van der Waals surface area contributed by atoms with Crippen LogP contribution in [0.25, 0.3) is 0 Å². The SMILES string of the molecule is CCC(CC)N(CCO)c1cc(C)cc(N)c1. The standard InChI is InChI=1S/C14H24N2O/c1-4-13(5-2)16(6-7-17)14-9-11(3)8-12(15)10-14/h8-10,13,17H,4-7,15H2,1-3H3. The normalized spacial score (nSPS) is 10.9. The zero-order valence-electron chi connectivity index (χ0n) is 11.1. The first-order chi connectivity index (χ1) is 8.12. The van der Waals surface area contributed by atoms with Crippen molar-refractivity contribution in [1.82, 2.24) is 0 Å². The van der Waals surface area contributed by atoms with Crippen LogP contribution < -0.4 is 10.6 Å². The van der Waals surface area contributed by atoms with E-state index in [1.54, 1.807) is 0 Å². The highest BCUT2D eigenvalue weighted by Gasteiger charge is 2.15. The summed E-state index contributed by atoms with van der Waals surface area (Å²) in [6.07, 6.45) is 2.15. The lowest BCUT2D eigenvalue weighted by atomic mass is 10.1. The summed E-state index contributed by atoms with van der Waals surface area (Å²) in [5, 5.41) is 9.20. The zero-order valence-corrected chi connectivity index (χ0v) is 11.1. The highest BCUT2D eigenvalue weighted by atomic mass is 16.3. The van der Waals surface area contributed by atoms with Crippen LogP contribution >= 0.6 is 0 Å². The number of nitrogens with two attached hydrogens (primary N) is 1. The van der Waals surface area contributed by atoms with Crippen molar-refractivity contribution in [3.8, 4) is 0 Å². The maximum absolute atomic E-state index is 9.20. The third-order valence-electron chi connectivity index (χ3n) is 3.14. The summed E-state index contributed by atoms with van der Waals surface area (Å²) in [6.45, 7) is 7.23. The van der Waals surface area contributed by atoms with Crippen LogP contribution in [0.4, 0.5) is 11.4 Å². The average Bonchev–Trinajstić information content (AvgIpc) is 2.28. The molecular formula is C14H24N2O. The van der Waals surface area contributed by atoms with E-state index in [1.807, 2.05) is 19.1 Å². The Bertz CT molecular complexity index is 328. The van der Waals surface area contributed by atoms with Gasteiger partial charge in [-0.05, 0) is 43.5 Å². The molecule has 0 aliphatic rings. The van der Waals surface area contributed by atoms with Crippen LogP contribution in [0.15, 0.2) is 18.2 Å². The Morgan fingerprint density at radius 1 is 1.24 bits per heavy atom. The number of anilines is 2. The van der Waals surface area contributed by atoms with Crippen molar-refractivity contribution in [2.75, 3.05) is 23.8 Å². The van der Waals surface area contributed by atoms with Crippen LogP contribution in [-0.2, 0) is 0 Å². The largest absolute Gasteiger partial charge is 0.399 e. The molecule has 96 valence electrons. The lowest BCUT2D eigenvalue weighted by molar-refractivity contribution is 0.296. The second kappa shape index (κ2) is 6.50. The van der Waals surface area contributed by atoms with Gasteiger partial charge in [0.25, 0.3) is 0 Å². The number of hydrogen-bond acceptors (Lipinski definition) is 3. The van der Waals surface area contributed by atoms with Crippen LogP contribution in [0, 0.1) is 6.92 Å². The minimum absolute atomic E-state index is 0.171. The fraction of sp³-hybridized carbons (Fsp3) is 0.571. The molecule has 3 nitrogen and oxygen atoms in total. The van der Waals surface area contributed by atoms with Crippen LogP contribution in [0.2, 0.25) is 0 Å². The van der Waals surface area contributed by atoms with Crippen LogP contribution in [0.1, 0.15) is 32.3 Å². The van der Waals surface area contributed by atoms with Crippen LogP contribution in [0.3, 0.4) is 0 Å². The lowest BCUT2D eigenvalue weighted by Crippen LogP contribution is -2.36. The molecule has 0 aliphatic carbocycles. The summed E-state index contributed by atoms with van der Waals surface area (Å²) < 4.78 is 0. The molecule has 0 atom stereocenters. The van der Waals surface area contributed by atoms with Gasteiger partial charge in [0.1, 0.15) is 0 Å². The molecule has 0 radical (unpaired) electrons. The number of hydrogen-bond donors (Lipinski definition) is 2. The van der Waals surface area contributed by atoms with E-state index in [0.29, 0.717) is 12.6 Å². The number of benzene rings is 1. The molecular weight excluding hydrogens is 212 g/mol. The third kappa shape index (κ3) is 3.63. The first kappa shape index (κ1) is 13.8. The Hall–Kier alpha value is -1.22. The topological polar surface area (TPSA) is 49.5 Å². The van der Waals surface area contributed by atoms with Gasteiger partial charge in [-0.15, -0.1) is 0 Å². The quantitative estimate of drug-likeness (QED) is 0.746. The third-order valence-corrected chi connectivity index (χ3v) is 3.14. The van der Waals surface area contributed by atoms with E-state index in [9.17, 15) is 5.11 Å². The molecule has 1 aromatic carbocycles. The predicted octanol–water partition coefficient (Wildman–Crippen LogP) is 2.56. The number of aliphatic hydroxyl groups excluding tert-OH is 1. The zero-order chi connectivity index (χ0) is 12.8. The van der Waals surface area contributed by atoms with Gasteiger partial charge in [0.05, 0.1) is 6.61 Å².